The molecule has 2 amide bonds. The molecule has 1 aliphatic rings. The fourth-order valence-electron chi connectivity index (χ4n) is 3.68. The minimum absolute atomic E-state index is 0.210. The van der Waals surface area contributed by atoms with Gasteiger partial charge in [0.25, 0.3) is 11.8 Å². The Morgan fingerprint density at radius 3 is 2.16 bits per heavy atom. The van der Waals surface area contributed by atoms with Crippen molar-refractivity contribution in [1.29, 1.82) is 0 Å². The van der Waals surface area contributed by atoms with E-state index in [9.17, 15) is 19.5 Å². The van der Waals surface area contributed by atoms with Crippen molar-refractivity contribution >= 4 is 69.3 Å². The Bertz CT molecular complexity index is 1220. The molecule has 9 heteroatoms. The lowest BCUT2D eigenvalue weighted by molar-refractivity contribution is -0.144. The molecule has 0 aliphatic carbocycles. The second kappa shape index (κ2) is 9.09. The van der Waals surface area contributed by atoms with Crippen molar-refractivity contribution in [1.82, 2.24) is 4.90 Å². The quantitative estimate of drug-likeness (QED) is 0.396. The van der Waals surface area contributed by atoms with Gasteiger partial charge in [-0.15, -0.1) is 0 Å². The van der Waals surface area contributed by atoms with E-state index >= 15 is 0 Å². The van der Waals surface area contributed by atoms with Crippen molar-refractivity contribution in [3.05, 3.63) is 97.0 Å². The summed E-state index contributed by atoms with van der Waals surface area (Å²) in [4.78, 5) is 40.7. The number of amides is 2. The molecule has 1 heterocycles. The van der Waals surface area contributed by atoms with Crippen LogP contribution in [0.15, 0.2) is 66.7 Å². The average Bonchev–Trinajstić information content (AvgIpc) is 2.85. The molecule has 6 nitrogen and oxygen atoms in total. The minimum Gasteiger partial charge on any atom is -0.479 e. The van der Waals surface area contributed by atoms with Crippen LogP contribution in [0.5, 0.6) is 0 Å². The maximum absolute atomic E-state index is 13.8. The Morgan fingerprint density at radius 2 is 1.56 bits per heavy atom. The average molecular weight is 581 g/mol. The lowest BCUT2D eigenvalue weighted by Crippen LogP contribution is -2.44. The van der Waals surface area contributed by atoms with Gasteiger partial charge in [0.15, 0.2) is 6.04 Å². The molecule has 3 aromatic rings. The number of hydrogen-bond donors (Lipinski definition) is 2. The molecular weight excluding hydrogens is 566 g/mol. The molecule has 0 fully saturated rings. The van der Waals surface area contributed by atoms with Crippen LogP contribution in [0.3, 0.4) is 0 Å². The van der Waals surface area contributed by atoms with Crippen LogP contribution in [-0.4, -0.2) is 27.8 Å². The SMILES string of the molecule is O=C(O)[C@@H](c1ccc(Cl)cc1)N1C(=O)c2cc(I)ccc2NC(=O)[C@H]1c1ccc(Cl)cc1. The number of nitrogens with zero attached hydrogens (tertiary/aromatic N) is 1. The van der Waals surface area contributed by atoms with Gasteiger partial charge in [-0.05, 0) is 76.2 Å². The normalized spacial score (nSPS) is 16.7. The van der Waals surface area contributed by atoms with E-state index in [2.05, 4.69) is 27.9 Å². The molecule has 4 rings (SSSR count). The first-order valence-electron chi connectivity index (χ1n) is 9.43. The van der Waals surface area contributed by atoms with Crippen LogP contribution in [0.25, 0.3) is 0 Å². The lowest BCUT2D eigenvalue weighted by Gasteiger charge is -2.34. The summed E-state index contributed by atoms with van der Waals surface area (Å²) in [5.74, 6) is -2.39. The molecule has 0 saturated carbocycles. The summed E-state index contributed by atoms with van der Waals surface area (Å²) in [6.45, 7) is 0. The van der Waals surface area contributed by atoms with Crippen LogP contribution in [0.1, 0.15) is 33.6 Å². The third-order valence-corrected chi connectivity index (χ3v) is 6.29. The third kappa shape index (κ3) is 4.32. The second-order valence-corrected chi connectivity index (χ2v) is 9.26. The molecule has 0 saturated heterocycles. The Labute approximate surface area is 207 Å². The number of aliphatic carboxylic acids is 1. The topological polar surface area (TPSA) is 86.7 Å². The monoisotopic (exact) mass is 580 g/mol. The van der Waals surface area contributed by atoms with Crippen molar-refractivity contribution < 1.29 is 19.5 Å². The summed E-state index contributed by atoms with van der Waals surface area (Å²) >= 11 is 14.0. The van der Waals surface area contributed by atoms with Gasteiger partial charge >= 0.3 is 5.97 Å². The predicted octanol–water partition coefficient (Wildman–Crippen LogP) is 5.56. The van der Waals surface area contributed by atoms with Gasteiger partial charge in [0.1, 0.15) is 6.04 Å². The Balaban J connectivity index is 1.95. The molecule has 2 atom stereocenters. The number of anilines is 1. The molecule has 3 aromatic carbocycles. The molecule has 0 unspecified atom stereocenters. The van der Waals surface area contributed by atoms with E-state index in [0.717, 1.165) is 8.47 Å². The van der Waals surface area contributed by atoms with E-state index in [1.807, 2.05) is 0 Å². The number of carboxylic acids is 1. The van der Waals surface area contributed by atoms with Gasteiger partial charge in [-0.1, -0.05) is 47.5 Å². The third-order valence-electron chi connectivity index (χ3n) is 5.11. The molecule has 0 radical (unpaired) electrons. The van der Waals surface area contributed by atoms with Crippen LogP contribution in [-0.2, 0) is 9.59 Å². The predicted molar refractivity (Wildman–Crippen MR) is 130 cm³/mol. The smallest absolute Gasteiger partial charge is 0.331 e. The number of fused-ring (bicyclic) bond motifs is 1. The van der Waals surface area contributed by atoms with E-state index in [1.54, 1.807) is 54.6 Å². The first-order chi connectivity index (χ1) is 15.3. The summed E-state index contributed by atoms with van der Waals surface area (Å²) < 4.78 is 0.771. The summed E-state index contributed by atoms with van der Waals surface area (Å²) in [5, 5.41) is 13.8. The minimum atomic E-state index is -1.44. The highest BCUT2D eigenvalue weighted by Crippen LogP contribution is 2.38. The van der Waals surface area contributed by atoms with Crippen LogP contribution < -0.4 is 5.32 Å². The molecule has 2 N–H and O–H groups in total. The Morgan fingerprint density at radius 1 is 0.969 bits per heavy atom. The van der Waals surface area contributed by atoms with E-state index in [4.69, 9.17) is 23.2 Å². The number of benzene rings is 3. The lowest BCUT2D eigenvalue weighted by atomic mass is 9.98. The number of hydrogen-bond acceptors (Lipinski definition) is 3. The molecule has 32 heavy (non-hydrogen) atoms. The molecule has 0 aromatic heterocycles. The number of carbonyl (C=O) groups is 3. The van der Waals surface area contributed by atoms with Gasteiger partial charge in [-0.25, -0.2) is 4.79 Å². The number of carbonyl (C=O) groups excluding carboxylic acids is 2. The number of carboxylic acid groups (broad SMARTS) is 1. The maximum atomic E-state index is 13.8. The Kier molecular flexibility index (Phi) is 6.41. The standard InChI is InChI=1S/C23H15Cl2IN2O4/c24-14-5-1-12(2-6-14)19-21(29)27-18-10-9-16(26)11-17(18)22(30)28(19)20(23(31)32)13-3-7-15(25)8-4-13/h1-11,19-20H,(H,27,29)(H,31,32)/t19-,20-/m1/s1. The fourth-order valence-corrected chi connectivity index (χ4v) is 4.42. The molecule has 0 bridgehead atoms. The van der Waals surface area contributed by atoms with Crippen molar-refractivity contribution in [2.24, 2.45) is 0 Å². The van der Waals surface area contributed by atoms with Crippen LogP contribution >= 0.6 is 45.8 Å². The zero-order valence-corrected chi connectivity index (χ0v) is 19.9. The van der Waals surface area contributed by atoms with E-state index in [1.165, 1.54) is 12.1 Å². The summed E-state index contributed by atoms with van der Waals surface area (Å²) in [5.41, 5.74) is 1.28. The van der Waals surface area contributed by atoms with E-state index < -0.39 is 29.9 Å². The molecule has 1 aliphatic heterocycles. The zero-order chi connectivity index (χ0) is 23.0. The highest BCUT2D eigenvalue weighted by molar-refractivity contribution is 14.1. The van der Waals surface area contributed by atoms with Crippen LogP contribution in [0, 0.1) is 3.57 Å². The zero-order valence-electron chi connectivity index (χ0n) is 16.3. The van der Waals surface area contributed by atoms with Crippen molar-refractivity contribution in [2.45, 2.75) is 12.1 Å². The fraction of sp³-hybridized carbons (Fsp3) is 0.0870. The van der Waals surface area contributed by atoms with E-state index in [-0.39, 0.29) is 5.56 Å². The maximum Gasteiger partial charge on any atom is 0.331 e. The first-order valence-corrected chi connectivity index (χ1v) is 11.3. The van der Waals surface area contributed by atoms with Gasteiger partial charge in [0, 0.05) is 13.6 Å². The van der Waals surface area contributed by atoms with Crippen molar-refractivity contribution in [3.63, 3.8) is 0 Å². The molecular formula is C23H15Cl2IN2O4. The van der Waals surface area contributed by atoms with Crippen LogP contribution in [0.4, 0.5) is 5.69 Å². The summed E-state index contributed by atoms with van der Waals surface area (Å²) in [6.07, 6.45) is 0. The van der Waals surface area contributed by atoms with E-state index in [0.29, 0.717) is 26.9 Å². The highest BCUT2D eigenvalue weighted by Gasteiger charge is 2.43. The van der Waals surface area contributed by atoms with Gasteiger partial charge in [-0.2, -0.15) is 0 Å². The van der Waals surface area contributed by atoms with Gasteiger partial charge < -0.3 is 15.3 Å². The second-order valence-electron chi connectivity index (χ2n) is 7.14. The number of halogens is 3. The summed E-state index contributed by atoms with van der Waals surface area (Å²) in [7, 11) is 0. The Hall–Kier alpha value is -2.62. The molecule has 162 valence electrons. The highest BCUT2D eigenvalue weighted by atomic mass is 127. The van der Waals surface area contributed by atoms with Gasteiger partial charge in [-0.3, -0.25) is 9.59 Å². The summed E-state index contributed by atoms with van der Waals surface area (Å²) in [6, 6.07) is 14.9. The number of nitrogens with one attached hydrogen (secondary N) is 1. The van der Waals surface area contributed by atoms with Crippen molar-refractivity contribution in [2.75, 3.05) is 5.32 Å². The van der Waals surface area contributed by atoms with Gasteiger partial charge in [0.05, 0.1) is 11.3 Å². The number of rotatable bonds is 4. The van der Waals surface area contributed by atoms with Crippen LogP contribution in [0.2, 0.25) is 10.0 Å². The largest absolute Gasteiger partial charge is 0.479 e. The van der Waals surface area contributed by atoms with Gasteiger partial charge in [0.2, 0.25) is 0 Å². The molecule has 0 spiro atoms. The first kappa shape index (κ1) is 22.6. The van der Waals surface area contributed by atoms with Crippen molar-refractivity contribution in [3.8, 4) is 0 Å².